The maximum Gasteiger partial charge on any atom is 0.115 e. The molecule has 1 fully saturated rings. The minimum atomic E-state index is 0.297. The maximum absolute atomic E-state index is 5.72. The van der Waals surface area contributed by atoms with E-state index in [0.29, 0.717) is 6.10 Å². The van der Waals surface area contributed by atoms with Crippen molar-refractivity contribution < 1.29 is 4.74 Å². The summed E-state index contributed by atoms with van der Waals surface area (Å²) in [5, 5.41) is 3.44. The summed E-state index contributed by atoms with van der Waals surface area (Å²) < 4.78 is 5.72. The van der Waals surface area contributed by atoms with Crippen LogP contribution in [0, 0.1) is 0 Å². The van der Waals surface area contributed by atoms with Crippen molar-refractivity contribution in [3.05, 3.63) is 60.4 Å². The van der Waals surface area contributed by atoms with E-state index in [-0.39, 0.29) is 0 Å². The van der Waals surface area contributed by atoms with Crippen molar-refractivity contribution in [1.29, 1.82) is 0 Å². The summed E-state index contributed by atoms with van der Waals surface area (Å²) in [7, 11) is 0. The fraction of sp³-hybridized carbons (Fsp3) is 0.375. The third-order valence-corrected chi connectivity index (χ3v) is 3.29. The van der Waals surface area contributed by atoms with Crippen molar-refractivity contribution in [3.8, 4) is 0 Å². The third-order valence-electron chi connectivity index (χ3n) is 3.29. The van der Waals surface area contributed by atoms with Crippen LogP contribution in [-0.4, -0.2) is 12.6 Å². The van der Waals surface area contributed by atoms with Gasteiger partial charge in [0.1, 0.15) is 11.9 Å². The Balaban J connectivity index is 1.64. The Kier molecular flexibility index (Phi) is 4.59. The molecule has 0 spiro atoms. The van der Waals surface area contributed by atoms with E-state index < -0.39 is 0 Å². The lowest BCUT2D eigenvalue weighted by Crippen LogP contribution is -2.24. The molecule has 1 aliphatic rings. The number of hydrogen-bond donors (Lipinski definition) is 1. The molecule has 1 atom stereocenters. The van der Waals surface area contributed by atoms with Gasteiger partial charge in [0.25, 0.3) is 0 Å². The molecule has 2 heteroatoms. The van der Waals surface area contributed by atoms with E-state index in [1.54, 1.807) is 0 Å². The molecule has 1 N–H and O–H groups in total. The van der Waals surface area contributed by atoms with Gasteiger partial charge in [0.15, 0.2) is 0 Å². The Bertz CT molecular complexity index is 410. The zero-order chi connectivity index (χ0) is 12.8. The average molecular weight is 243 g/mol. The van der Waals surface area contributed by atoms with E-state index >= 15 is 0 Å². The Morgan fingerprint density at radius 1 is 1.22 bits per heavy atom. The minimum absolute atomic E-state index is 0.297. The van der Waals surface area contributed by atoms with Gasteiger partial charge in [0.05, 0.1) is 0 Å². The molecule has 1 saturated heterocycles. The van der Waals surface area contributed by atoms with Gasteiger partial charge >= 0.3 is 0 Å². The molecule has 0 radical (unpaired) electrons. The smallest absolute Gasteiger partial charge is 0.115 e. The van der Waals surface area contributed by atoms with Crippen LogP contribution in [-0.2, 0) is 11.3 Å². The molecular weight excluding hydrogens is 222 g/mol. The van der Waals surface area contributed by atoms with Crippen molar-refractivity contribution in [2.45, 2.75) is 31.9 Å². The lowest BCUT2D eigenvalue weighted by atomic mass is 10.0. The predicted octanol–water partition coefficient (Wildman–Crippen LogP) is 3.42. The summed E-state index contributed by atoms with van der Waals surface area (Å²) >= 11 is 0. The molecule has 18 heavy (non-hydrogen) atoms. The molecule has 1 aromatic rings. The van der Waals surface area contributed by atoms with E-state index in [2.05, 4.69) is 42.7 Å². The summed E-state index contributed by atoms with van der Waals surface area (Å²) in [4.78, 5) is 0. The summed E-state index contributed by atoms with van der Waals surface area (Å²) in [5.41, 5.74) is 2.36. The first-order valence-corrected chi connectivity index (χ1v) is 6.54. The first-order valence-electron chi connectivity index (χ1n) is 6.54. The topological polar surface area (TPSA) is 21.3 Å². The molecule has 0 bridgehead atoms. The predicted molar refractivity (Wildman–Crippen MR) is 75.2 cm³/mol. The van der Waals surface area contributed by atoms with Gasteiger partial charge in [-0.1, -0.05) is 43.5 Å². The number of nitrogens with one attached hydrogen (secondary N) is 1. The van der Waals surface area contributed by atoms with Gasteiger partial charge in [-0.15, -0.1) is 0 Å². The normalized spacial score (nSPS) is 19.7. The van der Waals surface area contributed by atoms with Gasteiger partial charge in [0, 0.05) is 6.54 Å². The van der Waals surface area contributed by atoms with Gasteiger partial charge in [-0.05, 0) is 36.9 Å². The van der Waals surface area contributed by atoms with Crippen LogP contribution in [0.2, 0.25) is 0 Å². The number of rotatable bonds is 5. The number of hydrogen-bond acceptors (Lipinski definition) is 2. The van der Waals surface area contributed by atoms with E-state index in [1.165, 1.54) is 5.56 Å². The van der Waals surface area contributed by atoms with E-state index in [1.807, 2.05) is 6.07 Å². The Hall–Kier alpha value is -1.54. The highest BCUT2D eigenvalue weighted by molar-refractivity contribution is 5.21. The van der Waals surface area contributed by atoms with Crippen LogP contribution in [0.15, 0.2) is 54.8 Å². The second-order valence-electron chi connectivity index (χ2n) is 4.76. The van der Waals surface area contributed by atoms with E-state index in [4.69, 9.17) is 4.74 Å². The average Bonchev–Trinajstić information content (AvgIpc) is 2.40. The van der Waals surface area contributed by atoms with Gasteiger partial charge in [-0.2, -0.15) is 0 Å². The highest BCUT2D eigenvalue weighted by atomic mass is 16.5. The SMILES string of the molecule is C=C1CCC(CCNCc2ccccc2)OC1=C. The second kappa shape index (κ2) is 6.41. The van der Waals surface area contributed by atoms with Crippen molar-refractivity contribution in [2.75, 3.05) is 6.54 Å². The largest absolute Gasteiger partial charge is 0.491 e. The lowest BCUT2D eigenvalue weighted by molar-refractivity contribution is 0.0889. The standard InChI is InChI=1S/C16H21NO/c1-13-8-9-16(18-14(13)2)10-11-17-12-15-6-4-3-5-7-15/h3-7,16-17H,1-2,8-12H2. The van der Waals surface area contributed by atoms with Crippen LogP contribution in [0.5, 0.6) is 0 Å². The van der Waals surface area contributed by atoms with Crippen LogP contribution in [0.4, 0.5) is 0 Å². The van der Waals surface area contributed by atoms with Crippen molar-refractivity contribution in [3.63, 3.8) is 0 Å². The fourth-order valence-corrected chi connectivity index (χ4v) is 2.11. The molecule has 0 saturated carbocycles. The Labute approximate surface area is 109 Å². The third kappa shape index (κ3) is 3.74. The summed E-state index contributed by atoms with van der Waals surface area (Å²) in [6, 6.07) is 10.4. The van der Waals surface area contributed by atoms with Gasteiger partial charge in [0.2, 0.25) is 0 Å². The molecule has 0 aliphatic carbocycles. The van der Waals surface area contributed by atoms with Crippen LogP contribution < -0.4 is 5.32 Å². The monoisotopic (exact) mass is 243 g/mol. The van der Waals surface area contributed by atoms with Gasteiger partial charge in [-0.25, -0.2) is 0 Å². The summed E-state index contributed by atoms with van der Waals surface area (Å²) in [5.74, 6) is 0.773. The zero-order valence-corrected chi connectivity index (χ0v) is 10.8. The molecular formula is C16H21NO. The Morgan fingerprint density at radius 2 is 2.00 bits per heavy atom. The first-order chi connectivity index (χ1) is 8.75. The molecule has 2 rings (SSSR count). The summed E-state index contributed by atoms with van der Waals surface area (Å²) in [6.45, 7) is 9.69. The van der Waals surface area contributed by atoms with Crippen molar-refractivity contribution in [1.82, 2.24) is 5.32 Å². The Morgan fingerprint density at radius 3 is 2.72 bits per heavy atom. The maximum atomic E-state index is 5.72. The minimum Gasteiger partial charge on any atom is -0.491 e. The van der Waals surface area contributed by atoms with E-state index in [9.17, 15) is 0 Å². The van der Waals surface area contributed by atoms with Gasteiger partial charge in [-0.3, -0.25) is 0 Å². The summed E-state index contributed by atoms with van der Waals surface area (Å²) in [6.07, 6.45) is 3.40. The number of benzene rings is 1. The molecule has 1 aromatic carbocycles. The van der Waals surface area contributed by atoms with Crippen LogP contribution in [0.3, 0.4) is 0 Å². The quantitative estimate of drug-likeness (QED) is 0.800. The number of ether oxygens (including phenoxy) is 1. The zero-order valence-electron chi connectivity index (χ0n) is 10.8. The van der Waals surface area contributed by atoms with Crippen LogP contribution in [0.1, 0.15) is 24.8 Å². The van der Waals surface area contributed by atoms with E-state index in [0.717, 1.165) is 43.7 Å². The van der Waals surface area contributed by atoms with Crippen molar-refractivity contribution >= 4 is 0 Å². The highest BCUT2D eigenvalue weighted by Gasteiger charge is 2.18. The van der Waals surface area contributed by atoms with Crippen molar-refractivity contribution in [2.24, 2.45) is 0 Å². The van der Waals surface area contributed by atoms with Gasteiger partial charge < -0.3 is 10.1 Å². The fourth-order valence-electron chi connectivity index (χ4n) is 2.11. The lowest BCUT2D eigenvalue weighted by Gasteiger charge is -2.27. The molecule has 0 amide bonds. The van der Waals surface area contributed by atoms with Crippen LogP contribution in [0.25, 0.3) is 0 Å². The number of allylic oxidation sites excluding steroid dienone is 1. The van der Waals surface area contributed by atoms with Crippen LogP contribution >= 0.6 is 0 Å². The first kappa shape index (κ1) is 12.9. The molecule has 0 aromatic heterocycles. The molecule has 1 unspecified atom stereocenters. The molecule has 1 heterocycles. The highest BCUT2D eigenvalue weighted by Crippen LogP contribution is 2.26. The molecule has 2 nitrogen and oxygen atoms in total. The molecule has 1 aliphatic heterocycles. The second-order valence-corrected chi connectivity index (χ2v) is 4.76. The molecule has 96 valence electrons.